The summed E-state index contributed by atoms with van der Waals surface area (Å²) in [6.45, 7) is 6.66. The molecule has 0 fully saturated rings. The van der Waals surface area contributed by atoms with Gasteiger partial charge in [-0.15, -0.1) is 0 Å². The normalized spacial score (nSPS) is 19.9. The molecule has 0 aliphatic heterocycles. The lowest BCUT2D eigenvalue weighted by Gasteiger charge is -2.39. The lowest BCUT2D eigenvalue weighted by molar-refractivity contribution is 0.0366. The van der Waals surface area contributed by atoms with Crippen molar-refractivity contribution in [2.24, 2.45) is 5.92 Å². The van der Waals surface area contributed by atoms with Gasteiger partial charge in [0.2, 0.25) is 0 Å². The Balaban J connectivity index is 4.32. The number of nitrogens with zero attached hydrogens (tertiary/aromatic N) is 1. The highest BCUT2D eigenvalue weighted by molar-refractivity contribution is 4.86. The predicted molar refractivity (Wildman–Crippen MR) is 48.6 cm³/mol. The minimum Gasteiger partial charge on any atom is -0.394 e. The van der Waals surface area contributed by atoms with Gasteiger partial charge in [-0.1, -0.05) is 20.3 Å². The van der Waals surface area contributed by atoms with E-state index in [1.807, 2.05) is 14.1 Å². The van der Waals surface area contributed by atoms with Crippen LogP contribution in [-0.2, 0) is 0 Å². The van der Waals surface area contributed by atoms with Gasteiger partial charge < -0.3 is 10.0 Å². The van der Waals surface area contributed by atoms with E-state index in [4.69, 9.17) is 0 Å². The summed E-state index contributed by atoms with van der Waals surface area (Å²) in [6, 6.07) is 0. The van der Waals surface area contributed by atoms with Crippen LogP contribution in [0, 0.1) is 5.92 Å². The number of rotatable bonds is 4. The van der Waals surface area contributed by atoms with Crippen LogP contribution >= 0.6 is 0 Å². The van der Waals surface area contributed by atoms with E-state index >= 15 is 0 Å². The number of likely N-dealkylation sites (N-methyl/N-ethyl adjacent to an activating group) is 1. The molecule has 0 spiro atoms. The molecule has 0 amide bonds. The van der Waals surface area contributed by atoms with Crippen molar-refractivity contribution in [2.45, 2.75) is 32.7 Å². The van der Waals surface area contributed by atoms with E-state index in [-0.39, 0.29) is 12.1 Å². The molecule has 1 N–H and O–H groups in total. The Kier molecular flexibility index (Phi) is 4.04. The summed E-state index contributed by atoms with van der Waals surface area (Å²) in [6.07, 6.45) is 1.11. The summed E-state index contributed by atoms with van der Waals surface area (Å²) >= 11 is 0. The third kappa shape index (κ3) is 2.17. The zero-order valence-electron chi connectivity index (χ0n) is 8.39. The zero-order valence-corrected chi connectivity index (χ0v) is 8.39. The topological polar surface area (TPSA) is 23.5 Å². The fourth-order valence-electron chi connectivity index (χ4n) is 1.18. The number of hydrogen-bond acceptors (Lipinski definition) is 2. The maximum absolute atomic E-state index is 9.22. The molecule has 0 bridgehead atoms. The molecular formula is C9H21NO. The highest BCUT2D eigenvalue weighted by Crippen LogP contribution is 2.24. The first kappa shape index (κ1) is 10.9. The fraction of sp³-hybridized carbons (Fsp3) is 1.00. The Labute approximate surface area is 70.2 Å². The first-order valence-electron chi connectivity index (χ1n) is 4.27. The second-order valence-corrected chi connectivity index (χ2v) is 3.72. The van der Waals surface area contributed by atoms with E-state index in [1.54, 1.807) is 0 Å². The van der Waals surface area contributed by atoms with Crippen LogP contribution in [0.1, 0.15) is 27.2 Å². The quantitative estimate of drug-likeness (QED) is 0.669. The molecule has 0 aromatic rings. The standard InChI is InChI=1S/C9H21NO/c1-6-8(2)9(3,7-11)10(4)5/h8,11H,6-7H2,1-5H3. The molecule has 0 aromatic heterocycles. The Hall–Kier alpha value is -0.0800. The first-order chi connectivity index (χ1) is 4.99. The van der Waals surface area contributed by atoms with Crippen molar-refractivity contribution in [3.05, 3.63) is 0 Å². The van der Waals surface area contributed by atoms with Gasteiger partial charge >= 0.3 is 0 Å². The summed E-state index contributed by atoms with van der Waals surface area (Å²) < 4.78 is 0. The van der Waals surface area contributed by atoms with Crippen LogP contribution < -0.4 is 0 Å². The Morgan fingerprint density at radius 3 is 2.00 bits per heavy atom. The number of hydrogen-bond donors (Lipinski definition) is 1. The molecule has 2 atom stereocenters. The minimum absolute atomic E-state index is 0.0608. The molecule has 2 unspecified atom stereocenters. The molecule has 0 aliphatic rings. The Morgan fingerprint density at radius 1 is 1.45 bits per heavy atom. The minimum atomic E-state index is -0.0608. The highest BCUT2D eigenvalue weighted by atomic mass is 16.3. The third-order valence-electron chi connectivity index (χ3n) is 3.02. The van der Waals surface area contributed by atoms with E-state index in [1.165, 1.54) is 0 Å². The molecule has 0 rings (SSSR count). The molecule has 0 radical (unpaired) electrons. The van der Waals surface area contributed by atoms with Crippen molar-refractivity contribution in [2.75, 3.05) is 20.7 Å². The number of aliphatic hydroxyl groups is 1. The Bertz CT molecular complexity index is 114. The summed E-state index contributed by atoms with van der Waals surface area (Å²) in [7, 11) is 4.03. The van der Waals surface area contributed by atoms with Crippen molar-refractivity contribution in [1.29, 1.82) is 0 Å². The predicted octanol–water partition coefficient (Wildman–Crippen LogP) is 1.35. The molecule has 11 heavy (non-hydrogen) atoms. The van der Waals surface area contributed by atoms with Crippen LogP contribution in [0.25, 0.3) is 0 Å². The lowest BCUT2D eigenvalue weighted by Crippen LogP contribution is -2.49. The smallest absolute Gasteiger partial charge is 0.0615 e. The lowest BCUT2D eigenvalue weighted by atomic mass is 9.85. The van der Waals surface area contributed by atoms with Gasteiger partial charge in [-0.2, -0.15) is 0 Å². The fourth-order valence-corrected chi connectivity index (χ4v) is 1.18. The van der Waals surface area contributed by atoms with Gasteiger partial charge in [-0.25, -0.2) is 0 Å². The van der Waals surface area contributed by atoms with E-state index < -0.39 is 0 Å². The molecule has 2 heteroatoms. The van der Waals surface area contributed by atoms with Crippen LogP contribution in [0.4, 0.5) is 0 Å². The molecule has 0 heterocycles. The van der Waals surface area contributed by atoms with E-state index in [2.05, 4.69) is 25.7 Å². The third-order valence-corrected chi connectivity index (χ3v) is 3.02. The SMILES string of the molecule is CCC(C)C(C)(CO)N(C)C. The maximum atomic E-state index is 9.22. The van der Waals surface area contributed by atoms with Gasteiger partial charge in [0, 0.05) is 5.54 Å². The average molecular weight is 159 g/mol. The van der Waals surface area contributed by atoms with Crippen LogP contribution in [-0.4, -0.2) is 36.2 Å². The summed E-state index contributed by atoms with van der Waals surface area (Å²) in [5.74, 6) is 0.530. The molecule has 0 saturated carbocycles. The van der Waals surface area contributed by atoms with Gasteiger partial charge in [-0.05, 0) is 26.9 Å². The second-order valence-electron chi connectivity index (χ2n) is 3.72. The summed E-state index contributed by atoms with van der Waals surface area (Å²) in [4.78, 5) is 2.10. The van der Waals surface area contributed by atoms with Crippen molar-refractivity contribution >= 4 is 0 Å². The second kappa shape index (κ2) is 4.07. The molecule has 0 saturated heterocycles. The van der Waals surface area contributed by atoms with E-state index in [0.29, 0.717) is 5.92 Å². The molecule has 68 valence electrons. The zero-order chi connectivity index (χ0) is 9.07. The van der Waals surface area contributed by atoms with Crippen molar-refractivity contribution < 1.29 is 5.11 Å². The van der Waals surface area contributed by atoms with Crippen LogP contribution in [0.2, 0.25) is 0 Å². The van der Waals surface area contributed by atoms with Gasteiger partial charge in [0.25, 0.3) is 0 Å². The van der Waals surface area contributed by atoms with Crippen molar-refractivity contribution in [1.82, 2.24) is 4.90 Å². The maximum Gasteiger partial charge on any atom is 0.0615 e. The van der Waals surface area contributed by atoms with Crippen molar-refractivity contribution in [3.63, 3.8) is 0 Å². The largest absolute Gasteiger partial charge is 0.394 e. The van der Waals surface area contributed by atoms with E-state index in [9.17, 15) is 5.11 Å². The average Bonchev–Trinajstić information content (AvgIpc) is 2.01. The molecule has 2 nitrogen and oxygen atoms in total. The number of aliphatic hydroxyl groups excluding tert-OH is 1. The van der Waals surface area contributed by atoms with Gasteiger partial charge in [0.1, 0.15) is 0 Å². The van der Waals surface area contributed by atoms with Gasteiger partial charge in [0.15, 0.2) is 0 Å². The molecule has 0 aromatic carbocycles. The summed E-state index contributed by atoms with van der Waals surface area (Å²) in [5.41, 5.74) is -0.0608. The van der Waals surface area contributed by atoms with Gasteiger partial charge in [0.05, 0.1) is 6.61 Å². The molecule has 0 aliphatic carbocycles. The first-order valence-corrected chi connectivity index (χ1v) is 4.27. The monoisotopic (exact) mass is 159 g/mol. The molecular weight excluding hydrogens is 138 g/mol. The van der Waals surface area contributed by atoms with Crippen LogP contribution in [0.15, 0.2) is 0 Å². The summed E-state index contributed by atoms with van der Waals surface area (Å²) in [5, 5.41) is 9.22. The van der Waals surface area contributed by atoms with E-state index in [0.717, 1.165) is 6.42 Å². The Morgan fingerprint density at radius 2 is 1.91 bits per heavy atom. The van der Waals surface area contributed by atoms with Crippen LogP contribution in [0.5, 0.6) is 0 Å². The highest BCUT2D eigenvalue weighted by Gasteiger charge is 2.31. The van der Waals surface area contributed by atoms with Gasteiger partial charge in [-0.3, -0.25) is 0 Å². The van der Waals surface area contributed by atoms with Crippen molar-refractivity contribution in [3.8, 4) is 0 Å². The van der Waals surface area contributed by atoms with Crippen LogP contribution in [0.3, 0.4) is 0 Å².